The first-order valence-electron chi connectivity index (χ1n) is 11.3. The molecule has 7 nitrogen and oxygen atoms in total. The fourth-order valence-corrected chi connectivity index (χ4v) is 4.46. The van der Waals surface area contributed by atoms with Crippen molar-refractivity contribution in [2.24, 2.45) is 0 Å². The van der Waals surface area contributed by atoms with E-state index >= 15 is 0 Å². The Kier molecular flexibility index (Phi) is 15.0. The van der Waals surface area contributed by atoms with Crippen LogP contribution in [0.1, 0.15) is 98.3 Å². The van der Waals surface area contributed by atoms with Gasteiger partial charge in [-0.05, 0) is 52.4 Å². The predicted molar refractivity (Wildman–Crippen MR) is 120 cm³/mol. The van der Waals surface area contributed by atoms with Gasteiger partial charge in [0.2, 0.25) is 10.0 Å². The van der Waals surface area contributed by atoms with E-state index in [-0.39, 0.29) is 11.9 Å². The van der Waals surface area contributed by atoms with Crippen LogP contribution in [-0.2, 0) is 29.1 Å². The number of sulfonamides is 1. The maximum Gasteiger partial charge on any atom is 0.305 e. The molecule has 0 aromatic heterocycles. The maximum absolute atomic E-state index is 12.1. The van der Waals surface area contributed by atoms with Crippen molar-refractivity contribution in [2.75, 3.05) is 26.0 Å². The van der Waals surface area contributed by atoms with Gasteiger partial charge in [-0.2, -0.15) is 0 Å². The second kappa shape index (κ2) is 15.6. The number of esters is 2. The molecule has 0 aliphatic rings. The van der Waals surface area contributed by atoms with Gasteiger partial charge in [-0.3, -0.25) is 9.59 Å². The van der Waals surface area contributed by atoms with Crippen LogP contribution in [0.15, 0.2) is 0 Å². The Bertz CT molecular complexity index is 592. The number of carbonyl (C=O) groups is 2. The second-order valence-corrected chi connectivity index (χ2v) is 10.2. The molecule has 0 N–H and O–H groups in total. The zero-order chi connectivity index (χ0) is 23.0. The van der Waals surface area contributed by atoms with E-state index in [9.17, 15) is 18.0 Å². The van der Waals surface area contributed by atoms with Crippen LogP contribution in [0.25, 0.3) is 0 Å². The molecule has 1 atom stereocenters. The predicted octanol–water partition coefficient (Wildman–Crippen LogP) is 4.44. The van der Waals surface area contributed by atoms with Crippen LogP contribution in [0.4, 0.5) is 0 Å². The summed E-state index contributed by atoms with van der Waals surface area (Å²) in [6.07, 6.45) is 10.2. The molecular weight excluding hydrogens is 406 g/mol. The van der Waals surface area contributed by atoms with E-state index in [1.165, 1.54) is 17.5 Å². The minimum absolute atomic E-state index is 0.176. The van der Waals surface area contributed by atoms with Crippen LogP contribution >= 0.6 is 0 Å². The highest BCUT2D eigenvalue weighted by atomic mass is 32.2. The zero-order valence-electron chi connectivity index (χ0n) is 19.7. The van der Waals surface area contributed by atoms with Gasteiger partial charge in [0.05, 0.1) is 12.9 Å². The molecule has 0 rings (SSSR count). The van der Waals surface area contributed by atoms with Crippen molar-refractivity contribution in [1.82, 2.24) is 4.31 Å². The highest BCUT2D eigenvalue weighted by Gasteiger charge is 2.27. The lowest BCUT2D eigenvalue weighted by atomic mass is 9.92. The van der Waals surface area contributed by atoms with Crippen molar-refractivity contribution in [1.29, 1.82) is 0 Å². The molecule has 0 spiro atoms. The summed E-state index contributed by atoms with van der Waals surface area (Å²) in [6.45, 7) is 8.57. The van der Waals surface area contributed by atoms with E-state index in [4.69, 9.17) is 9.47 Å². The third-order valence-corrected chi connectivity index (χ3v) is 6.43. The Morgan fingerprint density at radius 2 is 1.50 bits per heavy atom. The van der Waals surface area contributed by atoms with Crippen molar-refractivity contribution in [3.8, 4) is 0 Å². The Labute approximate surface area is 183 Å². The number of hydrogen-bond donors (Lipinski definition) is 0. The van der Waals surface area contributed by atoms with Crippen molar-refractivity contribution in [3.63, 3.8) is 0 Å². The normalized spacial score (nSPS) is 13.8. The minimum Gasteiger partial charge on any atom is -0.466 e. The lowest BCUT2D eigenvalue weighted by Crippen LogP contribution is -2.35. The molecule has 178 valence electrons. The summed E-state index contributed by atoms with van der Waals surface area (Å²) >= 11 is 0. The number of hydrogen-bond acceptors (Lipinski definition) is 6. The summed E-state index contributed by atoms with van der Waals surface area (Å²) in [5.41, 5.74) is -0.544. The number of rotatable bonds is 18. The molecule has 30 heavy (non-hydrogen) atoms. The van der Waals surface area contributed by atoms with Crippen LogP contribution in [0.5, 0.6) is 0 Å². The van der Waals surface area contributed by atoms with Gasteiger partial charge in [-0.1, -0.05) is 32.6 Å². The molecular formula is C22H43NO6S. The first-order chi connectivity index (χ1) is 14.0. The van der Waals surface area contributed by atoms with Crippen molar-refractivity contribution in [2.45, 2.75) is 104 Å². The molecule has 0 radical (unpaired) electrons. The Balaban J connectivity index is 4.44. The number of unbranched alkanes of at least 4 members (excludes halogenated alkanes) is 5. The fraction of sp³-hybridized carbons (Fsp3) is 0.909. The van der Waals surface area contributed by atoms with Gasteiger partial charge in [0, 0.05) is 26.4 Å². The molecule has 0 aromatic rings. The van der Waals surface area contributed by atoms with Gasteiger partial charge in [-0.25, -0.2) is 12.7 Å². The van der Waals surface area contributed by atoms with Crippen LogP contribution in [0, 0.1) is 0 Å². The number of ether oxygens (including phenoxy) is 2. The lowest BCUT2D eigenvalue weighted by Gasteiger charge is -2.30. The van der Waals surface area contributed by atoms with E-state index in [1.54, 1.807) is 6.92 Å². The zero-order valence-corrected chi connectivity index (χ0v) is 20.5. The quantitative estimate of drug-likeness (QED) is 0.227. The summed E-state index contributed by atoms with van der Waals surface area (Å²) in [5, 5.41) is 0. The summed E-state index contributed by atoms with van der Waals surface area (Å²) in [6, 6.07) is 0. The molecule has 0 amide bonds. The Morgan fingerprint density at radius 3 is 2.07 bits per heavy atom. The molecule has 8 heteroatoms. The van der Waals surface area contributed by atoms with Crippen LogP contribution in [0.2, 0.25) is 0 Å². The minimum atomic E-state index is -3.29. The highest BCUT2D eigenvalue weighted by Crippen LogP contribution is 2.26. The summed E-state index contributed by atoms with van der Waals surface area (Å²) in [7, 11) is -3.29. The lowest BCUT2D eigenvalue weighted by molar-refractivity contribution is -0.157. The van der Waals surface area contributed by atoms with E-state index in [1.807, 2.05) is 6.92 Å². The van der Waals surface area contributed by atoms with Crippen molar-refractivity contribution < 1.29 is 27.5 Å². The molecule has 1 unspecified atom stereocenters. The summed E-state index contributed by atoms with van der Waals surface area (Å²) in [5.74, 6) is -0.471. The first-order valence-corrected chi connectivity index (χ1v) is 13.2. The van der Waals surface area contributed by atoms with E-state index < -0.39 is 15.6 Å². The van der Waals surface area contributed by atoms with E-state index in [0.29, 0.717) is 39.0 Å². The third kappa shape index (κ3) is 14.8. The van der Waals surface area contributed by atoms with Gasteiger partial charge in [0.15, 0.2) is 0 Å². The van der Waals surface area contributed by atoms with Gasteiger partial charge in [-0.15, -0.1) is 0 Å². The van der Waals surface area contributed by atoms with Crippen LogP contribution in [-0.4, -0.2) is 56.2 Å². The van der Waals surface area contributed by atoms with Crippen LogP contribution in [0.3, 0.4) is 0 Å². The van der Waals surface area contributed by atoms with Gasteiger partial charge >= 0.3 is 11.9 Å². The first kappa shape index (κ1) is 28.9. The molecule has 0 aromatic carbocycles. The molecule has 0 aliphatic heterocycles. The average molecular weight is 450 g/mol. The monoisotopic (exact) mass is 449 g/mol. The van der Waals surface area contributed by atoms with Crippen molar-refractivity contribution >= 4 is 22.0 Å². The summed E-state index contributed by atoms with van der Waals surface area (Å²) in [4.78, 5) is 22.8. The van der Waals surface area contributed by atoms with Crippen LogP contribution < -0.4 is 0 Å². The fourth-order valence-electron chi connectivity index (χ4n) is 3.54. The van der Waals surface area contributed by atoms with Gasteiger partial charge in [0.25, 0.3) is 0 Å². The number of nitrogens with zero attached hydrogens (tertiary/aromatic N) is 1. The Hall–Kier alpha value is -1.15. The topological polar surface area (TPSA) is 90.0 Å². The molecule has 0 bridgehead atoms. The van der Waals surface area contributed by atoms with E-state index in [0.717, 1.165) is 51.4 Å². The molecule has 0 fully saturated rings. The SMILES string of the molecule is CCCCCC(C)(CCCN(CCCCCCC(=O)OCC)S(C)(=O)=O)OC(C)=O. The molecule has 0 aliphatic carbocycles. The largest absolute Gasteiger partial charge is 0.466 e. The second-order valence-electron chi connectivity index (χ2n) is 8.24. The Morgan fingerprint density at radius 1 is 0.900 bits per heavy atom. The number of carbonyl (C=O) groups excluding carboxylic acids is 2. The molecule has 0 saturated heterocycles. The summed E-state index contributed by atoms with van der Waals surface area (Å²) < 4.78 is 36.3. The van der Waals surface area contributed by atoms with E-state index in [2.05, 4.69) is 6.92 Å². The van der Waals surface area contributed by atoms with Gasteiger partial charge in [0.1, 0.15) is 5.60 Å². The highest BCUT2D eigenvalue weighted by molar-refractivity contribution is 7.88. The van der Waals surface area contributed by atoms with Gasteiger partial charge < -0.3 is 9.47 Å². The maximum atomic E-state index is 12.1. The smallest absolute Gasteiger partial charge is 0.305 e. The molecule has 0 saturated carbocycles. The van der Waals surface area contributed by atoms with Crippen molar-refractivity contribution in [3.05, 3.63) is 0 Å². The molecule has 0 heterocycles. The standard InChI is InChI=1S/C22H43NO6S/c1-6-8-12-16-22(4,29-20(3)24)17-14-19-23(30(5,26)27)18-13-10-9-11-15-21(25)28-7-2/h6-19H2,1-5H3. The third-order valence-electron chi connectivity index (χ3n) is 5.13. The average Bonchev–Trinajstić information content (AvgIpc) is 2.62.